The predicted octanol–water partition coefficient (Wildman–Crippen LogP) is 2.93. The Kier molecular flexibility index (Phi) is 7.59. The van der Waals surface area contributed by atoms with E-state index in [4.69, 9.17) is 21.7 Å². The van der Waals surface area contributed by atoms with Gasteiger partial charge in [0.2, 0.25) is 0 Å². The van der Waals surface area contributed by atoms with Crippen LogP contribution in [0.25, 0.3) is 0 Å². The van der Waals surface area contributed by atoms with Crippen LogP contribution in [0.5, 0.6) is 5.75 Å². The molecule has 0 aliphatic carbocycles. The van der Waals surface area contributed by atoms with Gasteiger partial charge < -0.3 is 19.7 Å². The van der Waals surface area contributed by atoms with Gasteiger partial charge in [-0.1, -0.05) is 12.1 Å². The summed E-state index contributed by atoms with van der Waals surface area (Å²) in [5.41, 5.74) is 3.15. The van der Waals surface area contributed by atoms with Gasteiger partial charge in [-0.05, 0) is 48.5 Å². The molecule has 3 rings (SSSR count). The molecular weight excluding hydrogens is 372 g/mol. The largest absolute Gasteiger partial charge is 0.495 e. The number of methoxy groups -OCH3 is 1. The van der Waals surface area contributed by atoms with Crippen molar-refractivity contribution in [3.8, 4) is 5.75 Å². The van der Waals surface area contributed by atoms with Crippen molar-refractivity contribution in [2.24, 2.45) is 0 Å². The minimum absolute atomic E-state index is 0.680. The molecule has 0 atom stereocenters. The van der Waals surface area contributed by atoms with E-state index in [1.54, 1.807) is 13.3 Å². The first-order valence-corrected chi connectivity index (χ1v) is 9.96. The van der Waals surface area contributed by atoms with Crippen molar-refractivity contribution in [3.63, 3.8) is 0 Å². The van der Waals surface area contributed by atoms with Gasteiger partial charge in [0, 0.05) is 45.1 Å². The summed E-state index contributed by atoms with van der Waals surface area (Å²) in [6, 6.07) is 10.1. The van der Waals surface area contributed by atoms with E-state index in [1.165, 1.54) is 0 Å². The average Bonchev–Trinajstić information content (AvgIpc) is 2.73. The number of rotatable bonds is 7. The second-order valence-electron chi connectivity index (χ2n) is 6.87. The van der Waals surface area contributed by atoms with Gasteiger partial charge in [0.25, 0.3) is 0 Å². The highest BCUT2D eigenvalue weighted by atomic mass is 32.1. The van der Waals surface area contributed by atoms with Crippen LogP contribution in [0.3, 0.4) is 0 Å². The Hall–Kier alpha value is -2.22. The summed E-state index contributed by atoms with van der Waals surface area (Å²) < 4.78 is 11.0. The van der Waals surface area contributed by atoms with Crippen molar-refractivity contribution in [2.75, 3.05) is 51.8 Å². The van der Waals surface area contributed by atoms with E-state index in [1.807, 2.05) is 37.4 Å². The topological polar surface area (TPSA) is 49.9 Å². The number of hydrogen-bond donors (Lipinski definition) is 1. The molecule has 6 nitrogen and oxygen atoms in total. The standard InChI is InChI=1S/C21H28N4O2S/c1-17-5-6-19(20(14-17)26-2)23-21(28)25(16-18-4-3-7-22-15-18)9-8-24-10-12-27-13-11-24/h3-7,14-15H,8-13,16H2,1-2H3,(H,23,28). The number of ether oxygens (including phenoxy) is 2. The van der Waals surface area contributed by atoms with E-state index in [0.717, 1.165) is 62.0 Å². The number of nitrogens with zero attached hydrogens (tertiary/aromatic N) is 3. The van der Waals surface area contributed by atoms with E-state index in [0.29, 0.717) is 11.7 Å². The fourth-order valence-corrected chi connectivity index (χ4v) is 3.41. The Labute approximate surface area is 172 Å². The molecule has 7 heteroatoms. The minimum atomic E-state index is 0.680. The van der Waals surface area contributed by atoms with Crippen LogP contribution in [0, 0.1) is 6.92 Å². The number of pyridine rings is 1. The lowest BCUT2D eigenvalue weighted by molar-refractivity contribution is 0.0358. The minimum Gasteiger partial charge on any atom is -0.495 e. The Balaban J connectivity index is 1.70. The zero-order valence-corrected chi connectivity index (χ0v) is 17.4. The first kappa shape index (κ1) is 20.5. The first-order chi connectivity index (χ1) is 13.7. The van der Waals surface area contributed by atoms with Crippen LogP contribution in [0.4, 0.5) is 5.69 Å². The second kappa shape index (κ2) is 10.4. The maximum Gasteiger partial charge on any atom is 0.173 e. The Morgan fingerprint density at radius 2 is 2.14 bits per heavy atom. The molecular formula is C21H28N4O2S. The Morgan fingerprint density at radius 1 is 1.32 bits per heavy atom. The number of hydrogen-bond acceptors (Lipinski definition) is 5. The normalized spacial score (nSPS) is 14.5. The Morgan fingerprint density at radius 3 is 2.86 bits per heavy atom. The van der Waals surface area contributed by atoms with Crippen LogP contribution < -0.4 is 10.1 Å². The van der Waals surface area contributed by atoms with Crippen molar-refractivity contribution in [1.82, 2.24) is 14.8 Å². The highest BCUT2D eigenvalue weighted by Gasteiger charge is 2.16. The van der Waals surface area contributed by atoms with E-state index in [9.17, 15) is 0 Å². The number of aryl methyl sites for hydroxylation is 1. The highest BCUT2D eigenvalue weighted by molar-refractivity contribution is 7.80. The van der Waals surface area contributed by atoms with Crippen LogP contribution in [0.2, 0.25) is 0 Å². The second-order valence-corrected chi connectivity index (χ2v) is 7.26. The summed E-state index contributed by atoms with van der Waals surface area (Å²) in [7, 11) is 1.68. The van der Waals surface area contributed by atoms with Gasteiger partial charge in [-0.25, -0.2) is 0 Å². The van der Waals surface area contributed by atoms with Crippen molar-refractivity contribution in [1.29, 1.82) is 0 Å². The van der Waals surface area contributed by atoms with Gasteiger partial charge in [-0.2, -0.15) is 0 Å². The number of aromatic nitrogens is 1. The van der Waals surface area contributed by atoms with Gasteiger partial charge in [-0.15, -0.1) is 0 Å². The fraction of sp³-hybridized carbons (Fsp3) is 0.429. The molecule has 0 unspecified atom stereocenters. The van der Waals surface area contributed by atoms with Crippen molar-refractivity contribution in [2.45, 2.75) is 13.5 Å². The summed E-state index contributed by atoms with van der Waals surface area (Å²) >= 11 is 5.76. The summed E-state index contributed by atoms with van der Waals surface area (Å²) in [6.07, 6.45) is 3.67. The van der Waals surface area contributed by atoms with Crippen LogP contribution in [0.1, 0.15) is 11.1 Å². The van der Waals surface area contributed by atoms with Crippen molar-refractivity contribution in [3.05, 3.63) is 53.9 Å². The van der Waals surface area contributed by atoms with Crippen molar-refractivity contribution >= 4 is 23.0 Å². The molecule has 0 amide bonds. The molecule has 2 heterocycles. The van der Waals surface area contributed by atoms with Crippen LogP contribution in [0.15, 0.2) is 42.7 Å². The molecule has 0 radical (unpaired) electrons. The van der Waals surface area contributed by atoms with Crippen molar-refractivity contribution < 1.29 is 9.47 Å². The smallest absolute Gasteiger partial charge is 0.173 e. The van der Waals surface area contributed by atoms with E-state index in [2.05, 4.69) is 26.2 Å². The molecule has 1 aliphatic rings. The number of nitrogens with one attached hydrogen (secondary N) is 1. The molecule has 2 aromatic rings. The third kappa shape index (κ3) is 5.89. The van der Waals surface area contributed by atoms with E-state index < -0.39 is 0 Å². The monoisotopic (exact) mass is 400 g/mol. The SMILES string of the molecule is COc1cc(C)ccc1NC(=S)N(CCN1CCOCC1)Cc1cccnc1. The summed E-state index contributed by atoms with van der Waals surface area (Å²) in [5.74, 6) is 0.789. The maximum absolute atomic E-state index is 5.76. The van der Waals surface area contributed by atoms with Gasteiger partial charge >= 0.3 is 0 Å². The molecule has 1 aromatic carbocycles. The van der Waals surface area contributed by atoms with Gasteiger partial charge in [-0.3, -0.25) is 9.88 Å². The molecule has 28 heavy (non-hydrogen) atoms. The first-order valence-electron chi connectivity index (χ1n) is 9.55. The molecule has 1 aliphatic heterocycles. The number of morpholine rings is 1. The average molecular weight is 401 g/mol. The lowest BCUT2D eigenvalue weighted by Gasteiger charge is -2.31. The molecule has 0 bridgehead atoms. The molecule has 1 saturated heterocycles. The summed E-state index contributed by atoms with van der Waals surface area (Å²) in [4.78, 5) is 8.82. The molecule has 1 aromatic heterocycles. The van der Waals surface area contributed by atoms with Crippen LogP contribution in [-0.2, 0) is 11.3 Å². The fourth-order valence-electron chi connectivity index (χ4n) is 3.15. The lowest BCUT2D eigenvalue weighted by atomic mass is 10.2. The van der Waals surface area contributed by atoms with Gasteiger partial charge in [0.05, 0.1) is 26.0 Å². The van der Waals surface area contributed by atoms with Gasteiger partial charge in [0.15, 0.2) is 5.11 Å². The molecule has 150 valence electrons. The maximum atomic E-state index is 5.76. The molecule has 0 saturated carbocycles. The van der Waals surface area contributed by atoms with Gasteiger partial charge in [0.1, 0.15) is 5.75 Å². The third-order valence-electron chi connectivity index (χ3n) is 4.77. The number of anilines is 1. The quantitative estimate of drug-likeness (QED) is 0.717. The number of thiocarbonyl (C=S) groups is 1. The highest BCUT2D eigenvalue weighted by Crippen LogP contribution is 2.25. The Bertz CT molecular complexity index is 766. The van der Waals surface area contributed by atoms with E-state index in [-0.39, 0.29) is 0 Å². The van der Waals surface area contributed by atoms with E-state index >= 15 is 0 Å². The summed E-state index contributed by atoms with van der Waals surface area (Å²) in [5, 5.41) is 4.05. The number of benzene rings is 1. The predicted molar refractivity (Wildman–Crippen MR) is 116 cm³/mol. The summed E-state index contributed by atoms with van der Waals surface area (Å²) in [6.45, 7) is 8.04. The van der Waals surface area contributed by atoms with Crippen LogP contribution >= 0.6 is 12.2 Å². The zero-order valence-electron chi connectivity index (χ0n) is 16.6. The third-order valence-corrected chi connectivity index (χ3v) is 5.13. The molecule has 0 spiro atoms. The lowest BCUT2D eigenvalue weighted by Crippen LogP contribution is -2.44. The molecule has 1 fully saturated rings. The zero-order chi connectivity index (χ0) is 19.8. The van der Waals surface area contributed by atoms with Crippen LogP contribution in [-0.4, -0.2) is 66.4 Å². The molecule has 1 N–H and O–H groups in total.